The van der Waals surface area contributed by atoms with Crippen molar-refractivity contribution in [3.05, 3.63) is 34.1 Å². The monoisotopic (exact) mass is 313 g/mol. The summed E-state index contributed by atoms with van der Waals surface area (Å²) >= 11 is 3.53. The molecule has 2 atom stereocenters. The highest BCUT2D eigenvalue weighted by molar-refractivity contribution is 9.10. The van der Waals surface area contributed by atoms with Crippen LogP contribution in [0.1, 0.15) is 38.7 Å². The lowest BCUT2D eigenvalue weighted by Gasteiger charge is -2.25. The highest BCUT2D eigenvalue weighted by Crippen LogP contribution is 2.41. The van der Waals surface area contributed by atoms with E-state index in [0.717, 1.165) is 23.0 Å². The molecule has 0 spiro atoms. The molecule has 0 heterocycles. The third kappa shape index (κ3) is 3.33. The number of halogens is 2. The van der Waals surface area contributed by atoms with Crippen molar-refractivity contribution in [1.29, 1.82) is 0 Å². The minimum atomic E-state index is -0.141. The van der Waals surface area contributed by atoms with Gasteiger partial charge in [-0.15, -0.1) is 0 Å². The van der Waals surface area contributed by atoms with Crippen LogP contribution in [-0.4, -0.2) is 12.6 Å². The molecule has 1 aromatic rings. The molecule has 1 aromatic carbocycles. The van der Waals surface area contributed by atoms with Crippen molar-refractivity contribution in [2.24, 2.45) is 5.41 Å². The van der Waals surface area contributed by atoms with Gasteiger partial charge >= 0.3 is 0 Å². The quantitative estimate of drug-likeness (QED) is 0.874. The average molecular weight is 314 g/mol. The predicted molar refractivity (Wildman–Crippen MR) is 77.2 cm³/mol. The second kappa shape index (κ2) is 5.70. The van der Waals surface area contributed by atoms with Crippen LogP contribution >= 0.6 is 15.9 Å². The molecule has 100 valence electrons. The summed E-state index contributed by atoms with van der Waals surface area (Å²) in [7, 11) is 0. The zero-order valence-electron chi connectivity index (χ0n) is 11.1. The van der Waals surface area contributed by atoms with Crippen LogP contribution in [0.5, 0.6) is 0 Å². The summed E-state index contributed by atoms with van der Waals surface area (Å²) in [6.07, 6.45) is 4.59. The fraction of sp³-hybridized carbons (Fsp3) is 0.600. The predicted octanol–water partition coefficient (Wildman–Crippen LogP) is 4.30. The Morgan fingerprint density at radius 3 is 3.00 bits per heavy atom. The molecular weight excluding hydrogens is 293 g/mol. The topological polar surface area (TPSA) is 12.0 Å². The van der Waals surface area contributed by atoms with Crippen LogP contribution in [0.15, 0.2) is 22.7 Å². The van der Waals surface area contributed by atoms with E-state index in [1.165, 1.54) is 25.3 Å². The van der Waals surface area contributed by atoms with Crippen molar-refractivity contribution in [3.8, 4) is 0 Å². The minimum Gasteiger partial charge on any atom is -0.314 e. The van der Waals surface area contributed by atoms with Crippen LogP contribution in [0.25, 0.3) is 0 Å². The summed E-state index contributed by atoms with van der Waals surface area (Å²) in [5.41, 5.74) is 1.39. The maximum Gasteiger partial charge on any atom is 0.123 e. The molecule has 18 heavy (non-hydrogen) atoms. The van der Waals surface area contributed by atoms with Gasteiger partial charge in [0.15, 0.2) is 0 Å². The summed E-state index contributed by atoms with van der Waals surface area (Å²) in [6.45, 7) is 5.50. The van der Waals surface area contributed by atoms with E-state index in [4.69, 9.17) is 0 Å². The van der Waals surface area contributed by atoms with Gasteiger partial charge in [-0.05, 0) is 61.4 Å². The lowest BCUT2D eigenvalue weighted by atomic mass is 9.82. The van der Waals surface area contributed by atoms with Gasteiger partial charge in [-0.2, -0.15) is 0 Å². The zero-order valence-corrected chi connectivity index (χ0v) is 12.7. The van der Waals surface area contributed by atoms with Gasteiger partial charge in [0.1, 0.15) is 5.82 Å². The molecule has 0 radical (unpaired) electrons. The second-order valence-electron chi connectivity index (χ2n) is 5.72. The lowest BCUT2D eigenvalue weighted by molar-refractivity contribution is 0.321. The molecule has 1 aliphatic rings. The van der Waals surface area contributed by atoms with Crippen LogP contribution in [-0.2, 0) is 6.42 Å². The molecule has 1 fully saturated rings. The van der Waals surface area contributed by atoms with Crippen LogP contribution < -0.4 is 5.32 Å². The summed E-state index contributed by atoms with van der Waals surface area (Å²) in [5, 5.41) is 3.53. The van der Waals surface area contributed by atoms with Gasteiger partial charge in [-0.3, -0.25) is 0 Å². The Morgan fingerprint density at radius 2 is 2.28 bits per heavy atom. The highest BCUT2D eigenvalue weighted by Gasteiger charge is 2.35. The van der Waals surface area contributed by atoms with Crippen molar-refractivity contribution >= 4 is 15.9 Å². The molecule has 1 saturated carbocycles. The van der Waals surface area contributed by atoms with Gasteiger partial charge in [-0.1, -0.05) is 29.8 Å². The number of benzene rings is 1. The van der Waals surface area contributed by atoms with E-state index in [2.05, 4.69) is 35.1 Å². The molecule has 0 amide bonds. The number of rotatable bonds is 4. The van der Waals surface area contributed by atoms with Gasteiger partial charge in [-0.25, -0.2) is 4.39 Å². The molecule has 1 aliphatic carbocycles. The molecule has 1 N–H and O–H groups in total. The molecule has 0 bridgehead atoms. The van der Waals surface area contributed by atoms with Crippen LogP contribution in [0, 0.1) is 11.2 Å². The molecular formula is C15H21BrFN. The van der Waals surface area contributed by atoms with E-state index < -0.39 is 0 Å². The normalized spacial score (nSPS) is 27.7. The number of hydrogen-bond donors (Lipinski definition) is 1. The SMILES string of the molecule is CCNC1CCC(C)(Cc2cc(F)ccc2Br)C1. The number of hydrogen-bond acceptors (Lipinski definition) is 1. The van der Waals surface area contributed by atoms with Gasteiger partial charge in [0.25, 0.3) is 0 Å². The van der Waals surface area contributed by atoms with Gasteiger partial charge < -0.3 is 5.32 Å². The van der Waals surface area contributed by atoms with Gasteiger partial charge in [0.2, 0.25) is 0 Å². The zero-order chi connectivity index (χ0) is 13.2. The first-order valence-corrected chi connectivity index (χ1v) is 7.49. The van der Waals surface area contributed by atoms with Crippen molar-refractivity contribution < 1.29 is 4.39 Å². The van der Waals surface area contributed by atoms with Gasteiger partial charge in [0.05, 0.1) is 0 Å². The molecule has 3 heteroatoms. The largest absolute Gasteiger partial charge is 0.314 e. The molecule has 2 unspecified atom stereocenters. The van der Waals surface area contributed by atoms with E-state index in [1.807, 2.05) is 6.07 Å². The Bertz CT molecular complexity index is 421. The minimum absolute atomic E-state index is 0.141. The first-order chi connectivity index (χ1) is 8.52. The summed E-state index contributed by atoms with van der Waals surface area (Å²) < 4.78 is 14.3. The molecule has 0 saturated heterocycles. The third-order valence-corrected chi connectivity index (χ3v) is 4.73. The Balaban J connectivity index is 2.07. The van der Waals surface area contributed by atoms with E-state index in [-0.39, 0.29) is 5.82 Å². The third-order valence-electron chi connectivity index (χ3n) is 3.95. The summed E-state index contributed by atoms with van der Waals surface area (Å²) in [4.78, 5) is 0. The first-order valence-electron chi connectivity index (χ1n) is 6.70. The Morgan fingerprint density at radius 1 is 1.50 bits per heavy atom. The Kier molecular flexibility index (Phi) is 4.44. The number of nitrogens with one attached hydrogen (secondary N) is 1. The standard InChI is InChI=1S/C15H21BrFN/c1-3-18-13-6-7-15(2,10-13)9-11-8-12(17)4-5-14(11)16/h4-5,8,13,18H,3,6-7,9-10H2,1-2H3. The van der Waals surface area contributed by atoms with Crippen LogP contribution in [0.3, 0.4) is 0 Å². The van der Waals surface area contributed by atoms with Crippen molar-refractivity contribution in [2.75, 3.05) is 6.54 Å². The Labute approximate surface area is 117 Å². The van der Waals surface area contributed by atoms with Crippen LogP contribution in [0.4, 0.5) is 4.39 Å². The fourth-order valence-electron chi connectivity index (χ4n) is 3.08. The van der Waals surface area contributed by atoms with Gasteiger partial charge in [0, 0.05) is 10.5 Å². The average Bonchev–Trinajstić information content (AvgIpc) is 2.66. The van der Waals surface area contributed by atoms with Crippen LogP contribution in [0.2, 0.25) is 0 Å². The molecule has 0 aromatic heterocycles. The van der Waals surface area contributed by atoms with E-state index in [0.29, 0.717) is 11.5 Å². The highest BCUT2D eigenvalue weighted by atomic mass is 79.9. The second-order valence-corrected chi connectivity index (χ2v) is 6.57. The summed E-state index contributed by atoms with van der Waals surface area (Å²) in [5.74, 6) is -0.141. The van der Waals surface area contributed by atoms with Crippen molar-refractivity contribution in [3.63, 3.8) is 0 Å². The smallest absolute Gasteiger partial charge is 0.123 e. The van der Waals surface area contributed by atoms with Crippen molar-refractivity contribution in [1.82, 2.24) is 5.32 Å². The van der Waals surface area contributed by atoms with E-state index >= 15 is 0 Å². The van der Waals surface area contributed by atoms with Crippen molar-refractivity contribution in [2.45, 2.75) is 45.6 Å². The van der Waals surface area contributed by atoms with E-state index in [9.17, 15) is 4.39 Å². The maximum absolute atomic E-state index is 13.3. The lowest BCUT2D eigenvalue weighted by Crippen LogP contribution is -2.28. The summed E-state index contributed by atoms with van der Waals surface area (Å²) in [6, 6.07) is 5.61. The maximum atomic E-state index is 13.3. The molecule has 1 nitrogen and oxygen atoms in total. The fourth-order valence-corrected chi connectivity index (χ4v) is 3.47. The van der Waals surface area contributed by atoms with E-state index in [1.54, 1.807) is 6.07 Å². The molecule has 0 aliphatic heterocycles. The Hall–Kier alpha value is -0.410. The first kappa shape index (κ1) is 14.0. The molecule has 2 rings (SSSR count).